The minimum atomic E-state index is -0.511. The summed E-state index contributed by atoms with van der Waals surface area (Å²) in [6.45, 7) is 15.0. The largest absolute Gasteiger partial charge is 0.411 e. The molecule has 5 atom stereocenters. The molecule has 3 unspecified atom stereocenters. The lowest BCUT2D eigenvalue weighted by molar-refractivity contribution is 0.0462. The molecule has 5 rings (SSSR count). The third kappa shape index (κ3) is 10.5. The van der Waals surface area contributed by atoms with Crippen molar-refractivity contribution in [2.75, 3.05) is 33.0 Å². The van der Waals surface area contributed by atoms with E-state index in [1.54, 1.807) is 48.6 Å². The maximum absolute atomic E-state index is 14.0. The summed E-state index contributed by atoms with van der Waals surface area (Å²) in [7, 11) is 0. The highest BCUT2D eigenvalue weighted by Gasteiger charge is 2.54. The van der Waals surface area contributed by atoms with E-state index in [1.807, 2.05) is 26.0 Å². The maximum Gasteiger partial charge on any atom is 0.191 e. The van der Waals surface area contributed by atoms with Crippen LogP contribution in [-0.2, 0) is 24.4 Å². The quantitative estimate of drug-likeness (QED) is 0.0599. The molecule has 0 bridgehead atoms. The van der Waals surface area contributed by atoms with Gasteiger partial charge in [-0.15, -0.1) is 13.2 Å². The molecular weight excluding hydrogens is 647 g/mol. The summed E-state index contributed by atoms with van der Waals surface area (Å²) in [4.78, 5) is 11.6. The van der Waals surface area contributed by atoms with Gasteiger partial charge in [0.05, 0.1) is 55.7 Å². The Morgan fingerprint density at radius 1 is 0.860 bits per heavy atom. The van der Waals surface area contributed by atoms with Gasteiger partial charge in [0.25, 0.3) is 0 Å². The number of fused-ring (bicyclic) bond motifs is 1. The van der Waals surface area contributed by atoms with Gasteiger partial charge in [-0.3, -0.25) is 4.79 Å². The fourth-order valence-corrected chi connectivity index (χ4v) is 5.94. The lowest BCUT2D eigenvalue weighted by Crippen LogP contribution is -2.36. The number of halogens is 3. The molecule has 3 aromatic rings. The number of ether oxygens (including phenoxy) is 4. The van der Waals surface area contributed by atoms with Crippen LogP contribution in [0.5, 0.6) is 0 Å². The zero-order chi connectivity index (χ0) is 36.5. The highest BCUT2D eigenvalue weighted by Crippen LogP contribution is 2.47. The van der Waals surface area contributed by atoms with Crippen LogP contribution < -0.4 is 0 Å². The molecule has 2 aliphatic heterocycles. The Morgan fingerprint density at radius 2 is 1.40 bits per heavy atom. The highest BCUT2D eigenvalue weighted by atomic mass is 19.1. The second-order valence-corrected chi connectivity index (χ2v) is 11.9. The first kappa shape index (κ1) is 40.3. The smallest absolute Gasteiger partial charge is 0.191 e. The van der Waals surface area contributed by atoms with Crippen molar-refractivity contribution >= 4 is 11.5 Å². The first-order valence-electron chi connectivity index (χ1n) is 16.9. The van der Waals surface area contributed by atoms with E-state index in [-0.39, 0.29) is 65.4 Å². The number of ketones is 1. The molecule has 0 radical (unpaired) electrons. The summed E-state index contributed by atoms with van der Waals surface area (Å²) in [5, 5.41) is 12.0. The summed E-state index contributed by atoms with van der Waals surface area (Å²) in [6, 6.07) is 19.0. The minimum Gasteiger partial charge on any atom is -0.411 e. The SMILES string of the molecule is C=CC(CC)OCC(=NO)c1ccccc1F.C=CC(CC)OCC(=O)c1ccccc1F.CC[C@H]1OCC2(c3ccccc3F)COC[C@H]12. The molecule has 2 fully saturated rings. The monoisotopic (exact) mass is 695 g/mol. The number of hydrogen-bond acceptors (Lipinski definition) is 7. The summed E-state index contributed by atoms with van der Waals surface area (Å²) in [5.41, 5.74) is 0.989. The van der Waals surface area contributed by atoms with E-state index in [9.17, 15) is 18.0 Å². The molecule has 1 N–H and O–H groups in total. The number of hydrogen-bond donors (Lipinski definition) is 1. The number of Topliss-reactive ketones (excluding diaryl/α,β-unsaturated/α-hetero) is 1. The highest BCUT2D eigenvalue weighted by molar-refractivity contribution is 6.01. The van der Waals surface area contributed by atoms with Crippen molar-refractivity contribution in [1.82, 2.24) is 0 Å². The number of rotatable bonds is 14. The number of carbonyl (C=O) groups is 1. The van der Waals surface area contributed by atoms with Crippen LogP contribution in [0, 0.1) is 23.4 Å². The molecule has 2 aliphatic rings. The van der Waals surface area contributed by atoms with Crippen LogP contribution in [0.3, 0.4) is 0 Å². The van der Waals surface area contributed by atoms with Crippen LogP contribution in [0.25, 0.3) is 0 Å². The standard InChI is InChI=1S/C14H17FO2.C13H16FNO2.C13H15FO2/c1-2-13-11-7-16-8-14(11,9-17-13)10-5-3-4-6-12(10)15;1-3-10(4-2)17-9-13(15-16)11-7-5-6-8-12(11)14;1-3-10(4-2)16-9-13(15)11-7-5-6-8-12(11)14/h3-6,11,13H,2,7-9H2,1H3;3,5-8,10,16H,1,4,9H2,2H3;3,5-8,10H,1,4,9H2,2H3/t11-,13-,14?;;/m1../s1. The molecule has 10 heteroatoms. The van der Waals surface area contributed by atoms with Crippen molar-refractivity contribution in [1.29, 1.82) is 0 Å². The minimum absolute atomic E-state index is 0.0436. The fourth-order valence-electron chi connectivity index (χ4n) is 5.94. The molecule has 270 valence electrons. The average molecular weight is 696 g/mol. The Kier molecular flexibility index (Phi) is 16.6. The topological polar surface area (TPSA) is 86.6 Å². The van der Waals surface area contributed by atoms with Crippen molar-refractivity contribution in [3.63, 3.8) is 0 Å². The van der Waals surface area contributed by atoms with Gasteiger partial charge >= 0.3 is 0 Å². The summed E-state index contributed by atoms with van der Waals surface area (Å²) in [5.74, 6) is -1.13. The van der Waals surface area contributed by atoms with Crippen LogP contribution in [0.2, 0.25) is 0 Å². The summed E-state index contributed by atoms with van der Waals surface area (Å²) >= 11 is 0. The molecule has 0 aromatic heterocycles. The lowest BCUT2D eigenvalue weighted by Gasteiger charge is -2.27. The molecule has 2 saturated heterocycles. The van der Waals surface area contributed by atoms with Gasteiger partial charge in [0.1, 0.15) is 29.8 Å². The molecular formula is C40H48F3NO6. The van der Waals surface area contributed by atoms with Gasteiger partial charge in [0, 0.05) is 11.5 Å². The van der Waals surface area contributed by atoms with Gasteiger partial charge in [0.2, 0.25) is 0 Å². The normalized spacial score (nSPS) is 20.7. The predicted octanol–water partition coefficient (Wildman–Crippen LogP) is 8.49. The van der Waals surface area contributed by atoms with E-state index in [1.165, 1.54) is 24.3 Å². The second kappa shape index (κ2) is 20.6. The van der Waals surface area contributed by atoms with E-state index in [4.69, 9.17) is 24.2 Å². The van der Waals surface area contributed by atoms with Crippen molar-refractivity contribution in [3.8, 4) is 0 Å². The fraction of sp³-hybridized carbons (Fsp3) is 0.400. The first-order valence-corrected chi connectivity index (χ1v) is 16.9. The number of carbonyl (C=O) groups excluding carboxylic acids is 1. The number of oxime groups is 1. The van der Waals surface area contributed by atoms with Gasteiger partial charge in [0.15, 0.2) is 5.78 Å². The maximum atomic E-state index is 14.0. The zero-order valence-electron chi connectivity index (χ0n) is 29.0. The van der Waals surface area contributed by atoms with E-state index >= 15 is 0 Å². The number of benzene rings is 3. The Bertz CT molecular complexity index is 1570. The van der Waals surface area contributed by atoms with Gasteiger partial charge in [-0.1, -0.05) is 80.5 Å². The van der Waals surface area contributed by atoms with Crippen molar-refractivity contribution < 1.29 is 42.1 Å². The molecule has 50 heavy (non-hydrogen) atoms. The molecule has 0 amide bonds. The number of nitrogens with zero attached hydrogens (tertiary/aromatic N) is 1. The van der Waals surface area contributed by atoms with E-state index < -0.39 is 11.6 Å². The predicted molar refractivity (Wildman–Crippen MR) is 188 cm³/mol. The van der Waals surface area contributed by atoms with Crippen LogP contribution in [-0.4, -0.2) is 68.0 Å². The Labute approximate surface area is 293 Å². The molecule has 3 aromatic carbocycles. The Morgan fingerprint density at radius 3 is 1.92 bits per heavy atom. The lowest BCUT2D eigenvalue weighted by atomic mass is 9.72. The van der Waals surface area contributed by atoms with Crippen molar-refractivity contribution in [2.24, 2.45) is 11.1 Å². The van der Waals surface area contributed by atoms with E-state index in [0.29, 0.717) is 25.7 Å². The molecule has 0 saturated carbocycles. The average Bonchev–Trinajstić information content (AvgIpc) is 3.72. The van der Waals surface area contributed by atoms with Crippen LogP contribution in [0.4, 0.5) is 13.2 Å². The third-order valence-electron chi connectivity index (χ3n) is 8.86. The first-order chi connectivity index (χ1) is 24.2. The summed E-state index contributed by atoms with van der Waals surface area (Å²) < 4.78 is 62.8. The van der Waals surface area contributed by atoms with E-state index in [2.05, 4.69) is 25.2 Å². The van der Waals surface area contributed by atoms with Crippen LogP contribution >= 0.6 is 0 Å². The Balaban J connectivity index is 0.000000203. The van der Waals surface area contributed by atoms with Gasteiger partial charge in [-0.05, 0) is 55.2 Å². The van der Waals surface area contributed by atoms with Crippen LogP contribution in [0.1, 0.15) is 61.5 Å². The van der Waals surface area contributed by atoms with Gasteiger partial charge in [-0.25, -0.2) is 13.2 Å². The van der Waals surface area contributed by atoms with Gasteiger partial charge in [-0.2, -0.15) is 0 Å². The van der Waals surface area contributed by atoms with Crippen molar-refractivity contribution in [2.45, 2.75) is 63.8 Å². The molecule has 0 aliphatic carbocycles. The molecule has 7 nitrogen and oxygen atoms in total. The second-order valence-electron chi connectivity index (χ2n) is 11.9. The Hall–Kier alpha value is -4.09. The molecule has 0 spiro atoms. The van der Waals surface area contributed by atoms with Crippen molar-refractivity contribution in [3.05, 3.63) is 132 Å². The zero-order valence-corrected chi connectivity index (χ0v) is 29.0. The summed E-state index contributed by atoms with van der Waals surface area (Å²) in [6.07, 6.45) is 5.69. The van der Waals surface area contributed by atoms with Crippen LogP contribution in [0.15, 0.2) is 103 Å². The van der Waals surface area contributed by atoms with E-state index in [0.717, 1.165) is 24.8 Å². The van der Waals surface area contributed by atoms with Gasteiger partial charge < -0.3 is 24.2 Å². The third-order valence-corrected chi connectivity index (χ3v) is 8.86. The molecule has 2 heterocycles.